The minimum atomic E-state index is -1.24. The van der Waals surface area contributed by atoms with Gasteiger partial charge in [0.25, 0.3) is 0 Å². The number of hydrogen-bond donors (Lipinski definition) is 3. The first kappa shape index (κ1) is 32.0. The highest BCUT2D eigenvalue weighted by atomic mass is 16.5. The Balaban J connectivity index is 2.89. The molecule has 3 N–H and O–H groups in total. The van der Waals surface area contributed by atoms with Crippen LogP contribution in [-0.2, 0) is 4.74 Å². The Morgan fingerprint density at radius 3 is 1.35 bits per heavy atom. The van der Waals surface area contributed by atoms with Gasteiger partial charge in [0.2, 0.25) is 0 Å². The lowest BCUT2D eigenvalue weighted by molar-refractivity contribution is -0.214. The van der Waals surface area contributed by atoms with E-state index in [0.717, 1.165) is 0 Å². The molecule has 2 rings (SSSR count). The second-order valence-corrected chi connectivity index (χ2v) is 15.6. The van der Waals surface area contributed by atoms with E-state index in [1.165, 1.54) is 0 Å². The van der Waals surface area contributed by atoms with Gasteiger partial charge in [-0.05, 0) is 21.7 Å². The van der Waals surface area contributed by atoms with Crippen LogP contribution in [-0.4, -0.2) is 47.3 Å². The van der Waals surface area contributed by atoms with Crippen LogP contribution in [0.3, 0.4) is 0 Å². The molecular weight excluding hydrogens is 460 g/mol. The smallest absolute Gasteiger partial charge is 0.0864 e. The van der Waals surface area contributed by atoms with Crippen molar-refractivity contribution in [2.24, 2.45) is 43.8 Å². The van der Waals surface area contributed by atoms with Crippen LogP contribution in [0.25, 0.3) is 0 Å². The maximum atomic E-state index is 10.8. The fourth-order valence-corrected chi connectivity index (χ4v) is 8.06. The molecule has 2 aliphatic carbocycles. The summed E-state index contributed by atoms with van der Waals surface area (Å²) >= 11 is 0. The van der Waals surface area contributed by atoms with Gasteiger partial charge in [0.15, 0.2) is 0 Å². The standard InChI is InChI=1S/C33H56O4/c1-27(2,3)32(28(4,5)6)19-15-13-17-24(32)26(31(21-34,22-35)23-36)37-25-18-14-16-20-33(25,29(7,8)9)30(10,11)12/h13-20,24-26,34-36H,21-23H2,1-12H3. The summed E-state index contributed by atoms with van der Waals surface area (Å²) in [4.78, 5) is 0. The fourth-order valence-electron chi connectivity index (χ4n) is 8.06. The maximum Gasteiger partial charge on any atom is 0.0864 e. The van der Waals surface area contributed by atoms with Gasteiger partial charge in [0, 0.05) is 16.7 Å². The summed E-state index contributed by atoms with van der Waals surface area (Å²) < 4.78 is 7.28. The Hall–Kier alpha value is -1.20. The van der Waals surface area contributed by atoms with Gasteiger partial charge in [-0.15, -0.1) is 0 Å². The van der Waals surface area contributed by atoms with E-state index < -0.39 is 11.5 Å². The number of aliphatic hydroxyl groups excluding tert-OH is 3. The predicted octanol–water partition coefficient (Wildman–Crippen LogP) is 6.73. The summed E-state index contributed by atoms with van der Waals surface area (Å²) in [5.74, 6) is -0.208. The molecule has 0 aromatic rings. The molecule has 0 heterocycles. The summed E-state index contributed by atoms with van der Waals surface area (Å²) in [5, 5.41) is 32.3. The van der Waals surface area contributed by atoms with E-state index in [0.29, 0.717) is 0 Å². The zero-order valence-electron chi connectivity index (χ0n) is 25.7. The lowest BCUT2D eigenvalue weighted by Gasteiger charge is -2.62. The molecule has 4 heteroatoms. The topological polar surface area (TPSA) is 69.9 Å². The Bertz CT molecular complexity index is 852. The van der Waals surface area contributed by atoms with E-state index in [2.05, 4.69) is 120 Å². The van der Waals surface area contributed by atoms with E-state index in [-0.39, 0.29) is 64.3 Å². The van der Waals surface area contributed by atoms with Crippen molar-refractivity contribution in [1.29, 1.82) is 0 Å². The molecule has 0 aromatic heterocycles. The quantitative estimate of drug-likeness (QED) is 0.351. The monoisotopic (exact) mass is 516 g/mol. The fraction of sp³-hybridized carbons (Fsp3) is 0.758. The number of rotatable bonds is 7. The average molecular weight is 517 g/mol. The second kappa shape index (κ2) is 10.4. The first-order chi connectivity index (χ1) is 16.7. The first-order valence-electron chi connectivity index (χ1n) is 13.9. The molecule has 37 heavy (non-hydrogen) atoms. The molecule has 0 fully saturated rings. The molecule has 0 bridgehead atoms. The highest BCUT2D eigenvalue weighted by Gasteiger charge is 2.61. The molecular formula is C33H56O4. The molecule has 0 aromatic carbocycles. The number of allylic oxidation sites excluding steroid dienone is 5. The van der Waals surface area contributed by atoms with Crippen LogP contribution >= 0.6 is 0 Å². The summed E-state index contributed by atoms with van der Waals surface area (Å²) in [6.45, 7) is 25.9. The second-order valence-electron chi connectivity index (χ2n) is 15.6. The van der Waals surface area contributed by atoms with Crippen molar-refractivity contribution in [3.05, 3.63) is 48.6 Å². The van der Waals surface area contributed by atoms with Gasteiger partial charge in [-0.2, -0.15) is 0 Å². The highest BCUT2D eigenvalue weighted by Crippen LogP contribution is 2.63. The van der Waals surface area contributed by atoms with E-state index in [9.17, 15) is 15.3 Å². The number of aliphatic hydroxyl groups is 3. The predicted molar refractivity (Wildman–Crippen MR) is 155 cm³/mol. The lowest BCUT2D eigenvalue weighted by atomic mass is 9.45. The van der Waals surface area contributed by atoms with E-state index in [4.69, 9.17) is 4.74 Å². The summed E-state index contributed by atoms with van der Waals surface area (Å²) in [6.07, 6.45) is 16.2. The van der Waals surface area contributed by atoms with Crippen molar-refractivity contribution in [1.82, 2.24) is 0 Å². The van der Waals surface area contributed by atoms with Gasteiger partial charge < -0.3 is 20.1 Å². The van der Waals surface area contributed by atoms with Crippen LogP contribution in [0.4, 0.5) is 0 Å². The molecule has 0 spiro atoms. The molecule has 4 nitrogen and oxygen atoms in total. The van der Waals surface area contributed by atoms with Crippen molar-refractivity contribution < 1.29 is 20.1 Å². The largest absolute Gasteiger partial charge is 0.396 e. The molecule has 0 aliphatic heterocycles. The van der Waals surface area contributed by atoms with Crippen LogP contribution in [0.15, 0.2) is 48.6 Å². The zero-order chi connectivity index (χ0) is 28.7. The minimum absolute atomic E-state index is 0.157. The van der Waals surface area contributed by atoms with Gasteiger partial charge in [-0.1, -0.05) is 132 Å². The SMILES string of the molecule is CC(C)(C)C1(C(C)(C)C)C=CC=CC1OC(C1C=CC=CC1(C(C)(C)C)C(C)(C)C)C(CO)(CO)CO. The average Bonchev–Trinajstić information content (AvgIpc) is 2.77. The third-order valence-corrected chi connectivity index (χ3v) is 9.65. The van der Waals surface area contributed by atoms with Crippen molar-refractivity contribution in [2.45, 2.75) is 95.3 Å². The molecule has 3 unspecified atom stereocenters. The number of hydrogen-bond acceptors (Lipinski definition) is 4. The van der Waals surface area contributed by atoms with E-state index in [1.54, 1.807) is 0 Å². The molecule has 0 amide bonds. The van der Waals surface area contributed by atoms with Crippen molar-refractivity contribution in [3.63, 3.8) is 0 Å². The Morgan fingerprint density at radius 2 is 0.973 bits per heavy atom. The molecule has 0 radical (unpaired) electrons. The first-order valence-corrected chi connectivity index (χ1v) is 13.9. The van der Waals surface area contributed by atoms with Crippen molar-refractivity contribution >= 4 is 0 Å². The van der Waals surface area contributed by atoms with E-state index >= 15 is 0 Å². The zero-order valence-corrected chi connectivity index (χ0v) is 25.7. The third kappa shape index (κ3) is 5.09. The van der Waals surface area contributed by atoms with Gasteiger partial charge in [-0.3, -0.25) is 0 Å². The number of ether oxygens (including phenoxy) is 1. The van der Waals surface area contributed by atoms with E-state index in [1.807, 2.05) is 12.2 Å². The van der Waals surface area contributed by atoms with Crippen LogP contribution in [0.5, 0.6) is 0 Å². The van der Waals surface area contributed by atoms with Gasteiger partial charge >= 0.3 is 0 Å². The van der Waals surface area contributed by atoms with Crippen molar-refractivity contribution in [3.8, 4) is 0 Å². The molecule has 212 valence electrons. The maximum absolute atomic E-state index is 10.8. The third-order valence-electron chi connectivity index (χ3n) is 9.65. The molecule has 3 atom stereocenters. The van der Waals surface area contributed by atoms with Crippen LogP contribution in [0.2, 0.25) is 0 Å². The van der Waals surface area contributed by atoms with Crippen LogP contribution in [0, 0.1) is 43.8 Å². The van der Waals surface area contributed by atoms with Gasteiger partial charge in [0.05, 0.1) is 37.4 Å². The Kier molecular flexibility index (Phi) is 9.01. The molecule has 0 saturated carbocycles. The lowest BCUT2D eigenvalue weighted by Crippen LogP contribution is -2.63. The molecule has 2 aliphatic rings. The summed E-state index contributed by atoms with van der Waals surface area (Å²) in [7, 11) is 0. The van der Waals surface area contributed by atoms with Crippen LogP contribution < -0.4 is 0 Å². The summed E-state index contributed by atoms with van der Waals surface area (Å²) in [5.41, 5.74) is -2.68. The van der Waals surface area contributed by atoms with Gasteiger partial charge in [0.1, 0.15) is 0 Å². The summed E-state index contributed by atoms with van der Waals surface area (Å²) in [6, 6.07) is 0. The Labute approximate surface area is 227 Å². The normalized spacial score (nSPS) is 24.9. The minimum Gasteiger partial charge on any atom is -0.396 e. The Morgan fingerprint density at radius 1 is 0.595 bits per heavy atom. The molecule has 0 saturated heterocycles. The van der Waals surface area contributed by atoms with Crippen molar-refractivity contribution in [2.75, 3.05) is 19.8 Å². The highest BCUT2D eigenvalue weighted by molar-refractivity contribution is 5.30. The van der Waals surface area contributed by atoms with Crippen LogP contribution in [0.1, 0.15) is 83.1 Å². The van der Waals surface area contributed by atoms with Gasteiger partial charge in [-0.25, -0.2) is 0 Å².